The smallest absolute Gasteiger partial charge is 0.318 e. The summed E-state index contributed by atoms with van der Waals surface area (Å²) in [6, 6.07) is 6.65. The summed E-state index contributed by atoms with van der Waals surface area (Å²) in [6.07, 6.45) is 3.57. The first kappa shape index (κ1) is 21.8. The second-order valence-electron chi connectivity index (χ2n) is 8.16. The molecule has 1 saturated heterocycles. The molecule has 1 aliphatic rings. The summed E-state index contributed by atoms with van der Waals surface area (Å²) >= 11 is 1.76. The van der Waals surface area contributed by atoms with Gasteiger partial charge in [0.05, 0.1) is 7.11 Å². The lowest BCUT2D eigenvalue weighted by Gasteiger charge is -2.34. The molecule has 3 rings (SSSR count). The number of methoxy groups -OCH3 is 1. The molecule has 0 bridgehead atoms. The summed E-state index contributed by atoms with van der Waals surface area (Å²) in [5.74, 6) is -0.964. The monoisotopic (exact) mass is 416 g/mol. The lowest BCUT2D eigenvalue weighted by atomic mass is 9.88. The van der Waals surface area contributed by atoms with Crippen LogP contribution in [-0.2, 0) is 14.3 Å². The highest BCUT2D eigenvalue weighted by molar-refractivity contribution is 7.17. The predicted octanol–water partition coefficient (Wildman–Crippen LogP) is 5.02. The molecule has 2 aromatic rings. The highest BCUT2D eigenvalue weighted by Gasteiger charge is 2.27. The number of carbonyl (C=O) groups is 2. The van der Waals surface area contributed by atoms with E-state index in [4.69, 9.17) is 4.74 Å². The SMILES string of the molecule is CCCC(C(=O)Nc1ccc2scc(C3CCN(C(C)C)CC3)c2c1)C(=O)OC. The summed E-state index contributed by atoms with van der Waals surface area (Å²) in [4.78, 5) is 27.1. The maximum absolute atomic E-state index is 12.6. The fourth-order valence-corrected chi connectivity index (χ4v) is 5.21. The number of esters is 1. The molecule has 29 heavy (non-hydrogen) atoms. The Labute approximate surface area is 177 Å². The topological polar surface area (TPSA) is 58.6 Å². The van der Waals surface area contributed by atoms with Crippen LogP contribution in [0, 0.1) is 5.92 Å². The molecule has 158 valence electrons. The number of nitrogens with one attached hydrogen (secondary N) is 1. The number of amides is 1. The van der Waals surface area contributed by atoms with E-state index in [1.165, 1.54) is 35.6 Å². The number of anilines is 1. The third-order valence-electron chi connectivity index (χ3n) is 5.95. The van der Waals surface area contributed by atoms with Crippen LogP contribution in [0.3, 0.4) is 0 Å². The van der Waals surface area contributed by atoms with Crippen LogP contribution in [0.4, 0.5) is 5.69 Å². The van der Waals surface area contributed by atoms with Crippen LogP contribution >= 0.6 is 11.3 Å². The van der Waals surface area contributed by atoms with E-state index in [2.05, 4.69) is 41.6 Å². The van der Waals surface area contributed by atoms with Crippen LogP contribution in [0.15, 0.2) is 23.6 Å². The molecule has 5 nitrogen and oxygen atoms in total. The molecular formula is C23H32N2O3S. The zero-order valence-corrected chi connectivity index (χ0v) is 18.7. The van der Waals surface area contributed by atoms with Gasteiger partial charge in [0.1, 0.15) is 5.92 Å². The second kappa shape index (κ2) is 9.72. The highest BCUT2D eigenvalue weighted by atomic mass is 32.1. The Kier molecular flexibility index (Phi) is 7.30. The van der Waals surface area contributed by atoms with Crippen molar-refractivity contribution >= 4 is 39.0 Å². The van der Waals surface area contributed by atoms with Crippen LogP contribution in [0.1, 0.15) is 57.9 Å². The van der Waals surface area contributed by atoms with Crippen molar-refractivity contribution < 1.29 is 14.3 Å². The predicted molar refractivity (Wildman–Crippen MR) is 120 cm³/mol. The van der Waals surface area contributed by atoms with E-state index < -0.39 is 11.9 Å². The number of fused-ring (bicyclic) bond motifs is 1. The summed E-state index contributed by atoms with van der Waals surface area (Å²) in [5, 5.41) is 6.43. The maximum atomic E-state index is 12.6. The Morgan fingerprint density at radius 3 is 2.62 bits per heavy atom. The number of ether oxygens (including phenoxy) is 1. The fourth-order valence-electron chi connectivity index (χ4n) is 4.19. The van der Waals surface area contributed by atoms with Crippen molar-refractivity contribution in [3.63, 3.8) is 0 Å². The molecule has 1 unspecified atom stereocenters. The minimum absolute atomic E-state index is 0.292. The Bertz CT molecular complexity index is 853. The molecule has 1 aromatic carbocycles. The van der Waals surface area contributed by atoms with E-state index in [1.807, 2.05) is 13.0 Å². The van der Waals surface area contributed by atoms with Crippen molar-refractivity contribution in [2.24, 2.45) is 5.92 Å². The van der Waals surface area contributed by atoms with Gasteiger partial charge in [0, 0.05) is 16.4 Å². The molecule has 6 heteroatoms. The van der Waals surface area contributed by atoms with Crippen molar-refractivity contribution in [2.45, 2.75) is 58.4 Å². The largest absolute Gasteiger partial charge is 0.468 e. The van der Waals surface area contributed by atoms with Gasteiger partial charge in [0.25, 0.3) is 0 Å². The Morgan fingerprint density at radius 1 is 1.28 bits per heavy atom. The van der Waals surface area contributed by atoms with Crippen molar-refractivity contribution in [1.29, 1.82) is 0 Å². The second-order valence-corrected chi connectivity index (χ2v) is 9.07. The first-order valence-electron chi connectivity index (χ1n) is 10.6. The number of benzene rings is 1. The minimum atomic E-state index is -0.761. The van der Waals surface area contributed by atoms with Crippen molar-refractivity contribution in [2.75, 3.05) is 25.5 Å². The van der Waals surface area contributed by atoms with Crippen LogP contribution in [0.5, 0.6) is 0 Å². The van der Waals surface area contributed by atoms with Gasteiger partial charge < -0.3 is 15.0 Å². The van der Waals surface area contributed by atoms with Gasteiger partial charge in [-0.3, -0.25) is 9.59 Å². The molecule has 1 fully saturated rings. The Balaban J connectivity index is 1.77. The molecule has 0 spiro atoms. The summed E-state index contributed by atoms with van der Waals surface area (Å²) < 4.78 is 6.04. The van der Waals surface area contributed by atoms with Crippen LogP contribution in [0.25, 0.3) is 10.1 Å². The van der Waals surface area contributed by atoms with Crippen LogP contribution in [0.2, 0.25) is 0 Å². The number of carbonyl (C=O) groups excluding carboxylic acids is 2. The van der Waals surface area contributed by atoms with Gasteiger partial charge in [-0.05, 0) is 86.6 Å². The van der Waals surface area contributed by atoms with Crippen molar-refractivity contribution in [1.82, 2.24) is 4.90 Å². The van der Waals surface area contributed by atoms with Crippen LogP contribution < -0.4 is 5.32 Å². The molecular weight excluding hydrogens is 384 g/mol. The summed E-state index contributed by atoms with van der Waals surface area (Å²) in [6.45, 7) is 8.74. The first-order chi connectivity index (χ1) is 13.9. The zero-order chi connectivity index (χ0) is 21.0. The molecule has 0 aliphatic carbocycles. The first-order valence-corrected chi connectivity index (χ1v) is 11.5. The number of hydrogen-bond donors (Lipinski definition) is 1. The average molecular weight is 417 g/mol. The fraction of sp³-hybridized carbons (Fsp3) is 0.565. The molecule has 2 heterocycles. The molecule has 1 amide bonds. The van der Waals surface area contributed by atoms with Gasteiger partial charge in [-0.2, -0.15) is 0 Å². The maximum Gasteiger partial charge on any atom is 0.318 e. The Hall–Kier alpha value is -1.92. The highest BCUT2D eigenvalue weighted by Crippen LogP contribution is 2.38. The third kappa shape index (κ3) is 4.98. The van der Waals surface area contributed by atoms with Gasteiger partial charge >= 0.3 is 5.97 Å². The number of likely N-dealkylation sites (tertiary alicyclic amines) is 1. The van der Waals surface area contributed by atoms with E-state index in [1.54, 1.807) is 11.3 Å². The zero-order valence-electron chi connectivity index (χ0n) is 17.9. The number of hydrogen-bond acceptors (Lipinski definition) is 5. The van der Waals surface area contributed by atoms with Gasteiger partial charge in [0.15, 0.2) is 0 Å². The number of piperidine rings is 1. The number of rotatable bonds is 7. The quantitative estimate of drug-likeness (QED) is 0.509. The molecule has 1 aromatic heterocycles. The van der Waals surface area contributed by atoms with E-state index in [0.717, 1.165) is 25.2 Å². The van der Waals surface area contributed by atoms with Gasteiger partial charge in [0.2, 0.25) is 5.91 Å². The number of nitrogens with zero attached hydrogens (tertiary/aromatic N) is 1. The van der Waals surface area contributed by atoms with E-state index in [-0.39, 0.29) is 5.91 Å². The molecule has 1 aliphatic heterocycles. The number of thiophene rings is 1. The molecule has 0 radical (unpaired) electrons. The standard InChI is InChI=1S/C23H32N2O3S/c1-5-6-18(23(27)28-4)22(26)24-17-7-8-21-19(13-17)20(14-29-21)16-9-11-25(12-10-16)15(2)3/h7-8,13-16,18H,5-6,9-12H2,1-4H3,(H,24,26). The molecule has 1 N–H and O–H groups in total. The normalized spacial score (nSPS) is 16.9. The van der Waals surface area contributed by atoms with E-state index >= 15 is 0 Å². The molecule has 1 atom stereocenters. The van der Waals surface area contributed by atoms with Gasteiger partial charge in [-0.25, -0.2) is 0 Å². The van der Waals surface area contributed by atoms with Crippen LogP contribution in [-0.4, -0.2) is 43.0 Å². The van der Waals surface area contributed by atoms with Crippen molar-refractivity contribution in [3.05, 3.63) is 29.1 Å². The minimum Gasteiger partial charge on any atom is -0.468 e. The van der Waals surface area contributed by atoms with Gasteiger partial charge in [-0.1, -0.05) is 13.3 Å². The lowest BCUT2D eigenvalue weighted by Crippen LogP contribution is -2.37. The van der Waals surface area contributed by atoms with Crippen molar-refractivity contribution in [3.8, 4) is 0 Å². The van der Waals surface area contributed by atoms with E-state index in [0.29, 0.717) is 18.4 Å². The third-order valence-corrected chi connectivity index (χ3v) is 6.93. The lowest BCUT2D eigenvalue weighted by molar-refractivity contribution is -0.148. The van der Waals surface area contributed by atoms with E-state index in [9.17, 15) is 9.59 Å². The summed E-state index contributed by atoms with van der Waals surface area (Å²) in [5.41, 5.74) is 2.13. The average Bonchev–Trinajstić information content (AvgIpc) is 3.14. The molecule has 0 saturated carbocycles. The Morgan fingerprint density at radius 2 is 2.00 bits per heavy atom. The summed E-state index contributed by atoms with van der Waals surface area (Å²) in [7, 11) is 1.33. The van der Waals surface area contributed by atoms with Gasteiger partial charge in [-0.15, -0.1) is 11.3 Å².